The number of rotatable bonds is 4. The number of thiophene rings is 1. The molecule has 1 saturated heterocycles. The van der Waals surface area contributed by atoms with Crippen LogP contribution in [0.15, 0.2) is 11.4 Å². The van der Waals surface area contributed by atoms with Crippen LogP contribution in [-0.4, -0.2) is 47.1 Å². The molecule has 0 atom stereocenters. The number of Topliss-reactive ketones (excluding diaryl/α,β-unsaturated/α-hetero) is 1. The van der Waals surface area contributed by atoms with Crippen LogP contribution >= 0.6 is 22.7 Å². The quantitative estimate of drug-likeness (QED) is 0.768. The maximum atomic E-state index is 12.6. The SMILES string of the molecule is CC(=O)c1cc(CN2CCN(c3nnc(C(F)(F)F)s3)CC2)cs1. The zero-order chi connectivity index (χ0) is 17.3. The third kappa shape index (κ3) is 3.93. The van der Waals surface area contributed by atoms with Gasteiger partial charge >= 0.3 is 6.18 Å². The number of carbonyl (C=O) groups excluding carboxylic acids is 1. The molecule has 24 heavy (non-hydrogen) atoms. The first-order valence-electron chi connectivity index (χ1n) is 7.29. The predicted octanol–water partition coefficient (Wildman–Crippen LogP) is 3.14. The van der Waals surface area contributed by atoms with E-state index in [2.05, 4.69) is 15.1 Å². The van der Waals surface area contributed by atoms with E-state index in [0.29, 0.717) is 29.6 Å². The first kappa shape index (κ1) is 17.3. The highest BCUT2D eigenvalue weighted by molar-refractivity contribution is 7.15. The topological polar surface area (TPSA) is 49.3 Å². The number of nitrogens with zero attached hydrogens (tertiary/aromatic N) is 4. The van der Waals surface area contributed by atoms with Crippen LogP contribution in [0, 0.1) is 0 Å². The van der Waals surface area contributed by atoms with E-state index >= 15 is 0 Å². The normalized spacial score (nSPS) is 16.6. The molecule has 130 valence electrons. The minimum Gasteiger partial charge on any atom is -0.344 e. The lowest BCUT2D eigenvalue weighted by Crippen LogP contribution is -2.45. The lowest BCUT2D eigenvalue weighted by atomic mass is 10.2. The Morgan fingerprint density at radius 3 is 2.50 bits per heavy atom. The van der Waals surface area contributed by atoms with Gasteiger partial charge in [-0.05, 0) is 23.9 Å². The highest BCUT2D eigenvalue weighted by atomic mass is 32.1. The summed E-state index contributed by atoms with van der Waals surface area (Å²) in [5.41, 5.74) is 1.09. The Labute approximate surface area is 144 Å². The number of carbonyl (C=O) groups is 1. The second-order valence-corrected chi connectivity index (χ2v) is 7.39. The molecule has 0 saturated carbocycles. The van der Waals surface area contributed by atoms with E-state index in [1.165, 1.54) is 11.3 Å². The van der Waals surface area contributed by atoms with Gasteiger partial charge in [0.05, 0.1) is 4.88 Å². The Kier molecular flexibility index (Phi) is 4.88. The van der Waals surface area contributed by atoms with Crippen molar-refractivity contribution in [3.05, 3.63) is 26.9 Å². The molecular formula is C14H15F3N4OS2. The average molecular weight is 376 g/mol. The van der Waals surface area contributed by atoms with E-state index < -0.39 is 11.2 Å². The highest BCUT2D eigenvalue weighted by Gasteiger charge is 2.36. The van der Waals surface area contributed by atoms with E-state index in [1.807, 2.05) is 16.3 Å². The van der Waals surface area contributed by atoms with Gasteiger partial charge in [-0.2, -0.15) is 13.2 Å². The van der Waals surface area contributed by atoms with Crippen LogP contribution < -0.4 is 4.90 Å². The van der Waals surface area contributed by atoms with Crippen LogP contribution in [0.3, 0.4) is 0 Å². The Hall–Kier alpha value is -1.52. The standard InChI is InChI=1S/C14H15F3N4OS2/c1-9(22)11-6-10(8-23-11)7-20-2-4-21(5-3-20)13-19-18-12(24-13)14(15,16)17/h6,8H,2-5,7H2,1H3. The number of aromatic nitrogens is 2. The first-order chi connectivity index (χ1) is 11.3. The van der Waals surface area contributed by atoms with Crippen molar-refractivity contribution < 1.29 is 18.0 Å². The fraction of sp³-hybridized carbons (Fsp3) is 0.500. The molecule has 0 amide bonds. The van der Waals surface area contributed by atoms with E-state index in [-0.39, 0.29) is 5.78 Å². The summed E-state index contributed by atoms with van der Waals surface area (Å²) >= 11 is 2.02. The van der Waals surface area contributed by atoms with Crippen molar-refractivity contribution in [2.45, 2.75) is 19.6 Å². The van der Waals surface area contributed by atoms with Gasteiger partial charge in [0, 0.05) is 32.7 Å². The van der Waals surface area contributed by atoms with Gasteiger partial charge < -0.3 is 4.90 Å². The number of hydrogen-bond donors (Lipinski definition) is 0. The molecule has 3 heterocycles. The number of piperazine rings is 1. The maximum Gasteiger partial charge on any atom is 0.445 e. The highest BCUT2D eigenvalue weighted by Crippen LogP contribution is 2.34. The van der Waals surface area contributed by atoms with Crippen molar-refractivity contribution in [1.82, 2.24) is 15.1 Å². The Morgan fingerprint density at radius 2 is 1.96 bits per heavy atom. The number of alkyl halides is 3. The number of halogens is 3. The summed E-state index contributed by atoms with van der Waals surface area (Å²) < 4.78 is 37.8. The third-order valence-corrected chi connectivity index (χ3v) is 5.82. The Bertz CT molecular complexity index is 720. The van der Waals surface area contributed by atoms with E-state index in [4.69, 9.17) is 0 Å². The molecule has 0 spiro atoms. The van der Waals surface area contributed by atoms with Gasteiger partial charge in [-0.1, -0.05) is 11.3 Å². The van der Waals surface area contributed by atoms with Gasteiger partial charge in [0.25, 0.3) is 0 Å². The molecule has 1 fully saturated rings. The van der Waals surface area contributed by atoms with Crippen LogP contribution in [-0.2, 0) is 12.7 Å². The molecule has 0 unspecified atom stereocenters. The molecule has 0 bridgehead atoms. The van der Waals surface area contributed by atoms with Gasteiger partial charge in [-0.25, -0.2) is 0 Å². The van der Waals surface area contributed by atoms with Gasteiger partial charge in [0.15, 0.2) is 5.78 Å². The average Bonchev–Trinajstić information content (AvgIpc) is 3.16. The zero-order valence-corrected chi connectivity index (χ0v) is 14.5. The second kappa shape index (κ2) is 6.77. The second-order valence-electron chi connectivity index (χ2n) is 5.53. The molecule has 2 aromatic rings. The first-order valence-corrected chi connectivity index (χ1v) is 8.99. The van der Waals surface area contributed by atoms with E-state index in [1.54, 1.807) is 6.92 Å². The van der Waals surface area contributed by atoms with Crippen LogP contribution in [0.5, 0.6) is 0 Å². The van der Waals surface area contributed by atoms with Crippen molar-refractivity contribution in [3.8, 4) is 0 Å². The van der Waals surface area contributed by atoms with Crippen molar-refractivity contribution in [2.75, 3.05) is 31.1 Å². The lowest BCUT2D eigenvalue weighted by Gasteiger charge is -2.34. The number of ketones is 1. The van der Waals surface area contributed by atoms with Crippen LogP contribution in [0.2, 0.25) is 0 Å². The smallest absolute Gasteiger partial charge is 0.344 e. The fourth-order valence-electron chi connectivity index (χ4n) is 2.46. The molecule has 5 nitrogen and oxygen atoms in total. The van der Waals surface area contributed by atoms with Gasteiger partial charge in [0.1, 0.15) is 0 Å². The van der Waals surface area contributed by atoms with E-state index in [0.717, 1.165) is 30.1 Å². The summed E-state index contributed by atoms with van der Waals surface area (Å²) in [7, 11) is 0. The van der Waals surface area contributed by atoms with Crippen molar-refractivity contribution >= 4 is 33.6 Å². The summed E-state index contributed by atoms with van der Waals surface area (Å²) in [6.45, 7) is 4.96. The molecule has 1 aliphatic heterocycles. The molecule has 10 heteroatoms. The molecule has 0 aromatic carbocycles. The van der Waals surface area contributed by atoms with Crippen LogP contribution in [0.25, 0.3) is 0 Å². The summed E-state index contributed by atoms with van der Waals surface area (Å²) in [5, 5.41) is 8.27. The van der Waals surface area contributed by atoms with Gasteiger partial charge in [-0.3, -0.25) is 9.69 Å². The van der Waals surface area contributed by atoms with Crippen molar-refractivity contribution in [1.29, 1.82) is 0 Å². The summed E-state index contributed by atoms with van der Waals surface area (Å²) in [5.74, 6) is 0.0628. The fourth-order valence-corrected chi connectivity index (χ4v) is 4.03. The van der Waals surface area contributed by atoms with Crippen molar-refractivity contribution in [2.24, 2.45) is 0 Å². The summed E-state index contributed by atoms with van der Waals surface area (Å²) in [6, 6.07) is 1.90. The number of anilines is 1. The van der Waals surface area contributed by atoms with Crippen LogP contribution in [0.4, 0.5) is 18.3 Å². The van der Waals surface area contributed by atoms with E-state index in [9.17, 15) is 18.0 Å². The lowest BCUT2D eigenvalue weighted by molar-refractivity contribution is -0.138. The molecule has 2 aromatic heterocycles. The monoisotopic (exact) mass is 376 g/mol. The molecule has 0 radical (unpaired) electrons. The van der Waals surface area contributed by atoms with Gasteiger partial charge in [-0.15, -0.1) is 21.5 Å². The van der Waals surface area contributed by atoms with Crippen molar-refractivity contribution in [3.63, 3.8) is 0 Å². The minimum atomic E-state index is -4.44. The summed E-state index contributed by atoms with van der Waals surface area (Å²) in [6.07, 6.45) is -4.44. The molecule has 0 aliphatic carbocycles. The predicted molar refractivity (Wildman–Crippen MR) is 86.7 cm³/mol. The minimum absolute atomic E-state index is 0.0628. The zero-order valence-electron chi connectivity index (χ0n) is 12.8. The van der Waals surface area contributed by atoms with Crippen LogP contribution in [0.1, 0.15) is 27.2 Å². The molecule has 3 rings (SSSR count). The molecule has 1 aliphatic rings. The molecule has 0 N–H and O–H groups in total. The maximum absolute atomic E-state index is 12.6. The molecular weight excluding hydrogens is 361 g/mol. The largest absolute Gasteiger partial charge is 0.445 e. The Balaban J connectivity index is 1.55. The van der Waals surface area contributed by atoms with Gasteiger partial charge in [0.2, 0.25) is 10.1 Å². The Morgan fingerprint density at radius 1 is 1.25 bits per heavy atom. The third-order valence-electron chi connectivity index (χ3n) is 3.71. The number of hydrogen-bond acceptors (Lipinski definition) is 7. The summed E-state index contributed by atoms with van der Waals surface area (Å²) in [4.78, 5) is 16.1.